The lowest BCUT2D eigenvalue weighted by Gasteiger charge is -2.38. The summed E-state index contributed by atoms with van der Waals surface area (Å²) in [6, 6.07) is 0. The molecule has 2 aliphatic heterocycles. The fraction of sp³-hybridized carbons (Fsp3) is 0.882. The third-order valence-corrected chi connectivity index (χ3v) is 6.69. The van der Waals surface area contributed by atoms with Crippen LogP contribution < -0.4 is 5.32 Å². The average molecular weight is 290 g/mol. The van der Waals surface area contributed by atoms with Gasteiger partial charge < -0.3 is 10.2 Å². The molecule has 3 atom stereocenters. The molecular weight excluding hydrogens is 264 g/mol. The number of hydrogen-bond donors (Lipinski definition) is 1. The van der Waals surface area contributed by atoms with Gasteiger partial charge in [-0.25, -0.2) is 0 Å². The van der Waals surface area contributed by atoms with E-state index < -0.39 is 0 Å². The van der Waals surface area contributed by atoms with Gasteiger partial charge in [-0.15, -0.1) is 0 Å². The topological polar surface area (TPSA) is 49.4 Å². The predicted octanol–water partition coefficient (Wildman–Crippen LogP) is 1.94. The first-order chi connectivity index (χ1) is 10.1. The van der Waals surface area contributed by atoms with Crippen molar-refractivity contribution in [1.29, 1.82) is 0 Å². The van der Waals surface area contributed by atoms with E-state index in [1.54, 1.807) is 0 Å². The normalized spacial score (nSPS) is 37.2. The van der Waals surface area contributed by atoms with Gasteiger partial charge in [0, 0.05) is 32.5 Å². The summed E-state index contributed by atoms with van der Waals surface area (Å²) in [4.78, 5) is 26.1. The Bertz CT molecular complexity index is 454. The van der Waals surface area contributed by atoms with Crippen molar-refractivity contribution >= 4 is 11.8 Å². The van der Waals surface area contributed by atoms with Crippen molar-refractivity contribution in [2.24, 2.45) is 23.2 Å². The molecule has 0 aromatic carbocycles. The summed E-state index contributed by atoms with van der Waals surface area (Å²) in [5.74, 6) is 3.00. The van der Waals surface area contributed by atoms with Crippen LogP contribution in [-0.2, 0) is 9.59 Å². The minimum absolute atomic E-state index is 0.153. The van der Waals surface area contributed by atoms with Crippen LogP contribution in [0, 0.1) is 23.2 Å². The van der Waals surface area contributed by atoms with Gasteiger partial charge in [-0.3, -0.25) is 9.59 Å². The molecule has 2 amide bonds. The first kappa shape index (κ1) is 13.6. The molecule has 21 heavy (non-hydrogen) atoms. The standard InChI is InChI=1S/C17H26N2O2/c20-15-10-17(11-18-15)3-5-19(6-4-17)16(21)9-14-8-12-1-2-13(14)7-12/h12-14H,1-11H2,(H,18,20). The molecular formula is C17H26N2O2. The van der Waals surface area contributed by atoms with Crippen molar-refractivity contribution in [3.8, 4) is 0 Å². The Labute approximate surface area is 126 Å². The van der Waals surface area contributed by atoms with E-state index in [9.17, 15) is 9.59 Å². The Balaban J connectivity index is 1.30. The number of nitrogens with one attached hydrogen (secondary N) is 1. The van der Waals surface area contributed by atoms with E-state index in [4.69, 9.17) is 0 Å². The number of piperidine rings is 1. The maximum absolute atomic E-state index is 12.5. The summed E-state index contributed by atoms with van der Waals surface area (Å²) in [6.07, 6.45) is 8.89. The van der Waals surface area contributed by atoms with Gasteiger partial charge in [-0.05, 0) is 55.3 Å². The van der Waals surface area contributed by atoms with E-state index in [0.717, 1.165) is 50.7 Å². The molecule has 3 unspecified atom stereocenters. The molecule has 2 heterocycles. The molecule has 2 saturated heterocycles. The van der Waals surface area contributed by atoms with Crippen LogP contribution in [0.5, 0.6) is 0 Å². The van der Waals surface area contributed by atoms with E-state index >= 15 is 0 Å². The van der Waals surface area contributed by atoms with Gasteiger partial charge in [0.2, 0.25) is 11.8 Å². The lowest BCUT2D eigenvalue weighted by molar-refractivity contribution is -0.134. The molecule has 2 bridgehead atoms. The number of likely N-dealkylation sites (tertiary alicyclic amines) is 1. The zero-order valence-corrected chi connectivity index (χ0v) is 12.8. The monoisotopic (exact) mass is 290 g/mol. The molecule has 116 valence electrons. The second-order valence-electron chi connectivity index (χ2n) is 7.97. The molecule has 1 spiro atoms. The largest absolute Gasteiger partial charge is 0.356 e. The van der Waals surface area contributed by atoms with Crippen LogP contribution in [0.2, 0.25) is 0 Å². The average Bonchev–Trinajstić information content (AvgIpc) is 3.16. The maximum Gasteiger partial charge on any atom is 0.222 e. The summed E-state index contributed by atoms with van der Waals surface area (Å²) < 4.78 is 0. The van der Waals surface area contributed by atoms with E-state index in [-0.39, 0.29) is 11.3 Å². The molecule has 2 aliphatic carbocycles. The van der Waals surface area contributed by atoms with Crippen molar-refractivity contribution in [2.45, 2.75) is 51.4 Å². The fourth-order valence-electron chi connectivity index (χ4n) is 5.32. The predicted molar refractivity (Wildman–Crippen MR) is 79.4 cm³/mol. The van der Waals surface area contributed by atoms with Gasteiger partial charge in [-0.2, -0.15) is 0 Å². The lowest BCUT2D eigenvalue weighted by Crippen LogP contribution is -2.44. The van der Waals surface area contributed by atoms with Crippen molar-refractivity contribution in [3.63, 3.8) is 0 Å². The third kappa shape index (κ3) is 2.47. The minimum atomic E-state index is 0.153. The summed E-state index contributed by atoms with van der Waals surface area (Å²) >= 11 is 0. The van der Waals surface area contributed by atoms with Gasteiger partial charge >= 0.3 is 0 Å². The van der Waals surface area contributed by atoms with Gasteiger partial charge in [-0.1, -0.05) is 6.42 Å². The molecule has 4 nitrogen and oxygen atoms in total. The number of nitrogens with zero attached hydrogens (tertiary/aromatic N) is 1. The van der Waals surface area contributed by atoms with Gasteiger partial charge in [0.15, 0.2) is 0 Å². The second kappa shape index (κ2) is 4.99. The number of amides is 2. The molecule has 4 rings (SSSR count). The molecule has 4 fully saturated rings. The number of rotatable bonds is 2. The van der Waals surface area contributed by atoms with Crippen LogP contribution in [0.15, 0.2) is 0 Å². The zero-order valence-electron chi connectivity index (χ0n) is 12.8. The smallest absolute Gasteiger partial charge is 0.222 e. The quantitative estimate of drug-likeness (QED) is 0.845. The Morgan fingerprint density at radius 3 is 2.62 bits per heavy atom. The van der Waals surface area contributed by atoms with Gasteiger partial charge in [0.05, 0.1) is 0 Å². The van der Waals surface area contributed by atoms with Crippen LogP contribution in [0.3, 0.4) is 0 Å². The number of carbonyl (C=O) groups excluding carboxylic acids is 2. The number of hydrogen-bond acceptors (Lipinski definition) is 2. The molecule has 0 radical (unpaired) electrons. The minimum Gasteiger partial charge on any atom is -0.356 e. The third-order valence-electron chi connectivity index (χ3n) is 6.69. The van der Waals surface area contributed by atoms with E-state index in [0.29, 0.717) is 18.2 Å². The molecule has 0 aromatic heterocycles. The first-order valence-corrected chi connectivity index (χ1v) is 8.68. The van der Waals surface area contributed by atoms with E-state index in [1.807, 2.05) is 0 Å². The maximum atomic E-state index is 12.5. The molecule has 0 aromatic rings. The number of fused-ring (bicyclic) bond motifs is 2. The highest BCUT2D eigenvalue weighted by atomic mass is 16.2. The van der Waals surface area contributed by atoms with Gasteiger partial charge in [0.25, 0.3) is 0 Å². The summed E-state index contributed by atoms with van der Waals surface area (Å²) in [7, 11) is 0. The SMILES string of the molecule is O=C1CC2(CCN(C(=O)CC3CC4CCC3C4)CC2)CN1. The molecule has 4 heteroatoms. The highest BCUT2D eigenvalue weighted by Crippen LogP contribution is 2.49. The second-order valence-corrected chi connectivity index (χ2v) is 7.97. The van der Waals surface area contributed by atoms with E-state index in [1.165, 1.54) is 25.7 Å². The van der Waals surface area contributed by atoms with Crippen LogP contribution in [0.25, 0.3) is 0 Å². The molecule has 2 saturated carbocycles. The Morgan fingerprint density at radius 2 is 2.05 bits per heavy atom. The lowest BCUT2D eigenvalue weighted by atomic mass is 9.77. The summed E-state index contributed by atoms with van der Waals surface area (Å²) in [5.41, 5.74) is 0.153. The Morgan fingerprint density at radius 1 is 1.24 bits per heavy atom. The highest BCUT2D eigenvalue weighted by molar-refractivity contribution is 5.79. The fourth-order valence-corrected chi connectivity index (χ4v) is 5.32. The molecule has 1 N–H and O–H groups in total. The van der Waals surface area contributed by atoms with Gasteiger partial charge in [0.1, 0.15) is 0 Å². The zero-order chi connectivity index (χ0) is 14.4. The summed E-state index contributed by atoms with van der Waals surface area (Å²) in [5, 5.41) is 2.96. The van der Waals surface area contributed by atoms with Crippen LogP contribution in [0.1, 0.15) is 51.4 Å². The Kier molecular flexibility index (Phi) is 3.23. The van der Waals surface area contributed by atoms with Crippen molar-refractivity contribution in [3.05, 3.63) is 0 Å². The van der Waals surface area contributed by atoms with Crippen LogP contribution >= 0.6 is 0 Å². The van der Waals surface area contributed by atoms with Crippen molar-refractivity contribution in [2.75, 3.05) is 19.6 Å². The van der Waals surface area contributed by atoms with E-state index in [2.05, 4.69) is 10.2 Å². The first-order valence-electron chi connectivity index (χ1n) is 8.68. The van der Waals surface area contributed by atoms with Crippen molar-refractivity contribution in [1.82, 2.24) is 10.2 Å². The number of carbonyl (C=O) groups is 2. The van der Waals surface area contributed by atoms with Crippen LogP contribution in [0.4, 0.5) is 0 Å². The Hall–Kier alpha value is -1.06. The summed E-state index contributed by atoms with van der Waals surface area (Å²) in [6.45, 7) is 2.53. The highest BCUT2D eigenvalue weighted by Gasteiger charge is 2.43. The molecule has 4 aliphatic rings. The van der Waals surface area contributed by atoms with Crippen LogP contribution in [-0.4, -0.2) is 36.3 Å². The van der Waals surface area contributed by atoms with Crippen molar-refractivity contribution < 1.29 is 9.59 Å².